The molecule has 1 N–H and O–H groups in total. The van der Waals surface area contributed by atoms with Crippen molar-refractivity contribution < 1.29 is 13.2 Å². The van der Waals surface area contributed by atoms with Gasteiger partial charge in [-0.25, -0.2) is 8.42 Å². The molecule has 0 spiro atoms. The van der Waals surface area contributed by atoms with E-state index in [0.29, 0.717) is 23.9 Å². The number of nitrogens with one attached hydrogen (secondary N) is 1. The number of aryl methyl sites for hydroxylation is 1. The lowest BCUT2D eigenvalue weighted by Gasteiger charge is -2.32. The van der Waals surface area contributed by atoms with Gasteiger partial charge in [0.25, 0.3) is 0 Å². The second kappa shape index (κ2) is 7.85. The molecule has 6 heteroatoms. The van der Waals surface area contributed by atoms with Crippen molar-refractivity contribution in [3.05, 3.63) is 23.3 Å². The Labute approximate surface area is 146 Å². The zero-order valence-electron chi connectivity index (χ0n) is 15.4. The molecule has 1 unspecified atom stereocenters. The molecule has 1 aromatic rings. The molecule has 0 amide bonds. The topological polar surface area (TPSA) is 58.6 Å². The van der Waals surface area contributed by atoms with Crippen molar-refractivity contribution in [1.82, 2.24) is 9.62 Å². The minimum absolute atomic E-state index is 0.202. The lowest BCUT2D eigenvalue weighted by Crippen LogP contribution is -2.42. The van der Waals surface area contributed by atoms with Crippen LogP contribution in [0.15, 0.2) is 17.0 Å². The minimum Gasteiger partial charge on any atom is -0.496 e. The predicted molar refractivity (Wildman–Crippen MR) is 97.2 cm³/mol. The van der Waals surface area contributed by atoms with Gasteiger partial charge in [-0.3, -0.25) is 0 Å². The van der Waals surface area contributed by atoms with E-state index in [4.69, 9.17) is 4.74 Å². The molecule has 1 aromatic carbocycles. The quantitative estimate of drug-likeness (QED) is 0.853. The summed E-state index contributed by atoms with van der Waals surface area (Å²) in [5, 5.41) is 3.16. The summed E-state index contributed by atoms with van der Waals surface area (Å²) in [4.78, 5) is 0.414. The molecule has 24 heavy (non-hydrogen) atoms. The van der Waals surface area contributed by atoms with Crippen LogP contribution < -0.4 is 10.1 Å². The van der Waals surface area contributed by atoms with Crippen LogP contribution >= 0.6 is 0 Å². The fourth-order valence-electron chi connectivity index (χ4n) is 3.42. The van der Waals surface area contributed by atoms with Gasteiger partial charge in [0.05, 0.1) is 12.0 Å². The Morgan fingerprint density at radius 1 is 1.38 bits per heavy atom. The third-order valence-electron chi connectivity index (χ3n) is 4.74. The average molecular weight is 355 g/mol. The summed E-state index contributed by atoms with van der Waals surface area (Å²) in [6.07, 6.45) is 1.99. The van der Waals surface area contributed by atoms with Gasteiger partial charge < -0.3 is 10.1 Å². The number of rotatable bonds is 6. The number of sulfonamides is 1. The molecule has 1 saturated heterocycles. The summed E-state index contributed by atoms with van der Waals surface area (Å²) in [6, 6.07) is 3.65. The van der Waals surface area contributed by atoms with Crippen molar-refractivity contribution in [3.8, 4) is 5.75 Å². The van der Waals surface area contributed by atoms with Gasteiger partial charge in [-0.05, 0) is 68.5 Å². The van der Waals surface area contributed by atoms with Gasteiger partial charge in [0.2, 0.25) is 10.0 Å². The summed E-state index contributed by atoms with van der Waals surface area (Å²) in [6.45, 7) is 7.98. The van der Waals surface area contributed by atoms with Gasteiger partial charge in [-0.15, -0.1) is 0 Å². The van der Waals surface area contributed by atoms with E-state index in [0.717, 1.165) is 36.3 Å². The van der Waals surface area contributed by atoms with Gasteiger partial charge in [-0.1, -0.05) is 13.8 Å². The number of ether oxygens (including phenoxy) is 1. The van der Waals surface area contributed by atoms with Crippen LogP contribution in [0.25, 0.3) is 0 Å². The highest BCUT2D eigenvalue weighted by atomic mass is 32.2. The van der Waals surface area contributed by atoms with Crippen LogP contribution in [-0.4, -0.2) is 46.5 Å². The largest absolute Gasteiger partial charge is 0.496 e. The van der Waals surface area contributed by atoms with Crippen molar-refractivity contribution in [1.29, 1.82) is 0 Å². The molecular formula is C18H30N2O3S. The summed E-state index contributed by atoms with van der Waals surface area (Å²) < 4.78 is 33.5. The molecule has 0 bridgehead atoms. The standard InChI is InChI=1S/C18H30N2O3S/c1-13(2)16-10-18(14(3)9-17(16)23-5)24(21,22)20-8-6-7-15(12-20)11-19-4/h9-10,13,15,19H,6-8,11-12H2,1-5H3. The predicted octanol–water partition coefficient (Wildman–Crippen LogP) is 2.75. The van der Waals surface area contributed by atoms with E-state index in [-0.39, 0.29) is 5.92 Å². The Morgan fingerprint density at radius 3 is 2.67 bits per heavy atom. The van der Waals surface area contributed by atoms with Gasteiger partial charge in [0.1, 0.15) is 5.75 Å². The smallest absolute Gasteiger partial charge is 0.243 e. The number of hydrogen-bond acceptors (Lipinski definition) is 4. The highest BCUT2D eigenvalue weighted by molar-refractivity contribution is 7.89. The van der Waals surface area contributed by atoms with E-state index in [1.165, 1.54) is 0 Å². The summed E-state index contributed by atoms with van der Waals surface area (Å²) in [5.74, 6) is 1.34. The van der Waals surface area contributed by atoms with Crippen LogP contribution in [-0.2, 0) is 10.0 Å². The van der Waals surface area contributed by atoms with E-state index in [2.05, 4.69) is 5.32 Å². The fourth-order valence-corrected chi connectivity index (χ4v) is 5.22. The molecule has 2 rings (SSSR count). The first-order valence-corrected chi connectivity index (χ1v) is 10.1. The highest BCUT2D eigenvalue weighted by Gasteiger charge is 2.31. The Morgan fingerprint density at radius 2 is 2.08 bits per heavy atom. The maximum Gasteiger partial charge on any atom is 0.243 e. The van der Waals surface area contributed by atoms with Crippen LogP contribution in [0.1, 0.15) is 43.7 Å². The molecule has 0 aliphatic carbocycles. The summed E-state index contributed by atoms with van der Waals surface area (Å²) in [5.41, 5.74) is 1.68. The SMILES string of the molecule is CNCC1CCCN(S(=O)(=O)c2cc(C(C)C)c(OC)cc2C)C1. The molecule has 1 aliphatic rings. The Balaban J connectivity index is 2.40. The van der Waals surface area contributed by atoms with Crippen molar-refractivity contribution in [2.45, 2.75) is 44.4 Å². The number of benzene rings is 1. The number of piperidine rings is 1. The average Bonchev–Trinajstić information content (AvgIpc) is 2.54. The molecule has 1 heterocycles. The molecule has 1 aliphatic heterocycles. The normalized spacial score (nSPS) is 19.7. The Bertz CT molecular complexity index is 669. The van der Waals surface area contributed by atoms with Crippen molar-refractivity contribution in [2.75, 3.05) is 33.8 Å². The first-order valence-electron chi connectivity index (χ1n) is 8.64. The highest BCUT2D eigenvalue weighted by Crippen LogP contribution is 2.33. The van der Waals surface area contributed by atoms with Crippen LogP contribution in [0.4, 0.5) is 0 Å². The van der Waals surface area contributed by atoms with Gasteiger partial charge in [-0.2, -0.15) is 4.31 Å². The van der Waals surface area contributed by atoms with Crippen LogP contribution in [0.5, 0.6) is 5.75 Å². The Hall–Kier alpha value is -1.11. The monoisotopic (exact) mass is 354 g/mol. The van der Waals surface area contributed by atoms with Crippen LogP contribution in [0, 0.1) is 12.8 Å². The van der Waals surface area contributed by atoms with Gasteiger partial charge >= 0.3 is 0 Å². The summed E-state index contributed by atoms with van der Waals surface area (Å²) >= 11 is 0. The second-order valence-electron chi connectivity index (χ2n) is 6.94. The van der Waals surface area contributed by atoms with Crippen LogP contribution in [0.3, 0.4) is 0 Å². The van der Waals surface area contributed by atoms with E-state index in [1.807, 2.05) is 33.9 Å². The number of nitrogens with zero attached hydrogens (tertiary/aromatic N) is 1. The molecular weight excluding hydrogens is 324 g/mol. The Kier molecular flexibility index (Phi) is 6.28. The molecule has 136 valence electrons. The van der Waals surface area contributed by atoms with E-state index < -0.39 is 10.0 Å². The summed E-state index contributed by atoms with van der Waals surface area (Å²) in [7, 11) is 0.0645. The van der Waals surface area contributed by atoms with Crippen molar-refractivity contribution in [2.24, 2.45) is 5.92 Å². The molecule has 1 atom stereocenters. The molecule has 0 radical (unpaired) electrons. The third kappa shape index (κ3) is 3.92. The molecule has 1 fully saturated rings. The number of hydrogen-bond donors (Lipinski definition) is 1. The second-order valence-corrected chi connectivity index (χ2v) is 8.85. The van der Waals surface area contributed by atoms with E-state index in [1.54, 1.807) is 17.5 Å². The van der Waals surface area contributed by atoms with E-state index >= 15 is 0 Å². The molecule has 5 nitrogen and oxygen atoms in total. The first kappa shape index (κ1) is 19.2. The molecule has 0 saturated carbocycles. The molecule has 0 aromatic heterocycles. The lowest BCUT2D eigenvalue weighted by atomic mass is 10.00. The minimum atomic E-state index is -3.47. The van der Waals surface area contributed by atoms with Crippen molar-refractivity contribution >= 4 is 10.0 Å². The zero-order chi connectivity index (χ0) is 17.9. The van der Waals surface area contributed by atoms with Gasteiger partial charge in [0.15, 0.2) is 0 Å². The maximum atomic E-state index is 13.2. The zero-order valence-corrected chi connectivity index (χ0v) is 16.2. The van der Waals surface area contributed by atoms with Crippen LogP contribution in [0.2, 0.25) is 0 Å². The lowest BCUT2D eigenvalue weighted by molar-refractivity contribution is 0.263. The maximum absolute atomic E-state index is 13.2. The fraction of sp³-hybridized carbons (Fsp3) is 0.667. The van der Waals surface area contributed by atoms with E-state index in [9.17, 15) is 8.42 Å². The van der Waals surface area contributed by atoms with Gasteiger partial charge in [0, 0.05) is 13.1 Å². The number of methoxy groups -OCH3 is 1. The third-order valence-corrected chi connectivity index (χ3v) is 6.75. The first-order chi connectivity index (χ1) is 11.3. The van der Waals surface area contributed by atoms with Crippen molar-refractivity contribution in [3.63, 3.8) is 0 Å².